The maximum absolute atomic E-state index is 13.6. The standard InChI is InChI=1S/C18H27F3N4O5/c1-16(2,3)30-15(28)25-9-17(10-25,18(19,20)21)22-13(26)29-12-7-24(8-12)14(27)23(4)11-5-6-11/h11-12H,5-10H2,1-4H3,(H,22,26). The number of nitrogens with zero attached hydrogens (tertiary/aromatic N) is 3. The van der Waals surface area contributed by atoms with Crippen molar-refractivity contribution in [3.8, 4) is 0 Å². The number of likely N-dealkylation sites (tertiary alicyclic amines) is 2. The molecule has 30 heavy (non-hydrogen) atoms. The van der Waals surface area contributed by atoms with E-state index in [4.69, 9.17) is 9.47 Å². The molecule has 170 valence electrons. The number of rotatable bonds is 3. The zero-order valence-electron chi connectivity index (χ0n) is 17.4. The fourth-order valence-corrected chi connectivity index (χ4v) is 3.28. The number of carbonyl (C=O) groups is 3. The van der Waals surface area contributed by atoms with Crippen LogP contribution in [0.15, 0.2) is 0 Å². The minimum absolute atomic E-state index is 0.131. The van der Waals surface area contributed by atoms with Gasteiger partial charge in [0.2, 0.25) is 0 Å². The number of amides is 4. The van der Waals surface area contributed by atoms with E-state index in [1.807, 2.05) is 5.32 Å². The lowest BCUT2D eigenvalue weighted by molar-refractivity contribution is -0.228. The van der Waals surface area contributed by atoms with Gasteiger partial charge in [0.1, 0.15) is 11.7 Å². The van der Waals surface area contributed by atoms with Crippen LogP contribution in [0, 0.1) is 0 Å². The van der Waals surface area contributed by atoms with Crippen LogP contribution in [0.5, 0.6) is 0 Å². The van der Waals surface area contributed by atoms with Crippen molar-refractivity contribution in [1.29, 1.82) is 0 Å². The van der Waals surface area contributed by atoms with Gasteiger partial charge < -0.3 is 29.5 Å². The topological polar surface area (TPSA) is 91.4 Å². The molecular weight excluding hydrogens is 409 g/mol. The van der Waals surface area contributed by atoms with E-state index in [9.17, 15) is 27.6 Å². The molecule has 4 amide bonds. The number of hydrogen-bond acceptors (Lipinski definition) is 5. The maximum Gasteiger partial charge on any atom is 0.415 e. The summed E-state index contributed by atoms with van der Waals surface area (Å²) in [6, 6.07) is 0.0514. The Bertz CT molecular complexity index is 708. The lowest BCUT2D eigenvalue weighted by Crippen LogP contribution is -2.78. The van der Waals surface area contributed by atoms with Crippen LogP contribution in [0.2, 0.25) is 0 Å². The summed E-state index contributed by atoms with van der Waals surface area (Å²) in [5, 5.41) is 1.86. The van der Waals surface area contributed by atoms with E-state index in [0.717, 1.165) is 17.7 Å². The molecule has 0 atom stereocenters. The van der Waals surface area contributed by atoms with Crippen LogP contribution in [0.1, 0.15) is 33.6 Å². The van der Waals surface area contributed by atoms with Gasteiger partial charge in [-0.25, -0.2) is 14.4 Å². The zero-order valence-corrected chi connectivity index (χ0v) is 17.4. The summed E-state index contributed by atoms with van der Waals surface area (Å²) in [6.45, 7) is 3.55. The third-order valence-corrected chi connectivity index (χ3v) is 5.25. The Balaban J connectivity index is 1.48. The molecule has 0 radical (unpaired) electrons. The summed E-state index contributed by atoms with van der Waals surface area (Å²) in [7, 11) is 1.70. The van der Waals surface area contributed by atoms with Crippen LogP contribution < -0.4 is 5.32 Å². The number of nitrogens with one attached hydrogen (secondary N) is 1. The Hall–Kier alpha value is -2.40. The van der Waals surface area contributed by atoms with Crippen molar-refractivity contribution in [2.45, 2.75) is 63.1 Å². The molecule has 12 heteroatoms. The first-order valence-electron chi connectivity index (χ1n) is 9.76. The van der Waals surface area contributed by atoms with E-state index in [0.29, 0.717) is 0 Å². The monoisotopic (exact) mass is 436 g/mol. The second kappa shape index (κ2) is 7.38. The highest BCUT2D eigenvalue weighted by molar-refractivity contribution is 5.76. The van der Waals surface area contributed by atoms with Crippen molar-refractivity contribution < 1.29 is 37.0 Å². The second-order valence-corrected chi connectivity index (χ2v) is 9.10. The summed E-state index contributed by atoms with van der Waals surface area (Å²) in [6.07, 6.45) is -5.65. The van der Waals surface area contributed by atoms with Crippen LogP contribution in [0.25, 0.3) is 0 Å². The first-order chi connectivity index (χ1) is 13.7. The van der Waals surface area contributed by atoms with Crippen LogP contribution in [0.4, 0.5) is 27.6 Å². The number of urea groups is 1. The Morgan fingerprint density at radius 2 is 1.63 bits per heavy atom. The fraction of sp³-hybridized carbons (Fsp3) is 0.833. The highest BCUT2D eigenvalue weighted by Crippen LogP contribution is 2.38. The van der Waals surface area contributed by atoms with E-state index >= 15 is 0 Å². The van der Waals surface area contributed by atoms with Gasteiger partial charge >= 0.3 is 24.4 Å². The van der Waals surface area contributed by atoms with E-state index < -0.39 is 48.7 Å². The number of alkyl carbamates (subject to hydrolysis) is 1. The third kappa shape index (κ3) is 4.67. The minimum atomic E-state index is -4.78. The average molecular weight is 436 g/mol. The first kappa shape index (κ1) is 22.3. The normalized spacial score (nSPS) is 21.3. The Morgan fingerprint density at radius 3 is 2.10 bits per heavy atom. The Morgan fingerprint density at radius 1 is 1.07 bits per heavy atom. The second-order valence-electron chi connectivity index (χ2n) is 9.10. The molecule has 3 aliphatic rings. The molecule has 0 aromatic heterocycles. The van der Waals surface area contributed by atoms with Crippen LogP contribution in [-0.2, 0) is 9.47 Å². The summed E-state index contributed by atoms with van der Waals surface area (Å²) in [5.41, 5.74) is -3.44. The van der Waals surface area contributed by atoms with Gasteiger partial charge in [-0.05, 0) is 33.6 Å². The molecule has 2 saturated heterocycles. The lowest BCUT2D eigenvalue weighted by Gasteiger charge is -2.50. The van der Waals surface area contributed by atoms with E-state index in [-0.39, 0.29) is 25.2 Å². The third-order valence-electron chi connectivity index (χ3n) is 5.25. The number of hydrogen-bond donors (Lipinski definition) is 1. The first-order valence-corrected chi connectivity index (χ1v) is 9.76. The number of alkyl halides is 3. The fourth-order valence-electron chi connectivity index (χ4n) is 3.28. The molecule has 9 nitrogen and oxygen atoms in total. The molecule has 0 aromatic rings. The van der Waals surface area contributed by atoms with Gasteiger partial charge in [-0.15, -0.1) is 0 Å². The lowest BCUT2D eigenvalue weighted by atomic mass is 9.89. The quantitative estimate of drug-likeness (QED) is 0.732. The smallest absolute Gasteiger partial charge is 0.415 e. The molecule has 1 N–H and O–H groups in total. The van der Waals surface area contributed by atoms with Crippen LogP contribution >= 0.6 is 0 Å². The van der Waals surface area contributed by atoms with Crippen molar-refractivity contribution in [3.63, 3.8) is 0 Å². The minimum Gasteiger partial charge on any atom is -0.444 e. The molecule has 1 saturated carbocycles. The molecule has 2 heterocycles. The van der Waals surface area contributed by atoms with Gasteiger partial charge in [0, 0.05) is 13.1 Å². The summed E-state index contributed by atoms with van der Waals surface area (Å²) >= 11 is 0. The molecule has 0 bridgehead atoms. The van der Waals surface area contributed by atoms with Crippen molar-refractivity contribution >= 4 is 18.2 Å². The zero-order chi connectivity index (χ0) is 22.5. The molecule has 3 rings (SSSR count). The van der Waals surface area contributed by atoms with Crippen LogP contribution in [-0.4, -0.2) is 95.6 Å². The van der Waals surface area contributed by atoms with Gasteiger partial charge in [0.05, 0.1) is 26.2 Å². The van der Waals surface area contributed by atoms with Gasteiger partial charge in [0.15, 0.2) is 5.54 Å². The Kier molecular flexibility index (Phi) is 5.48. The predicted molar refractivity (Wildman–Crippen MR) is 97.8 cm³/mol. The molecule has 1 aliphatic carbocycles. The number of carbonyl (C=O) groups excluding carboxylic acids is 3. The van der Waals surface area contributed by atoms with Crippen molar-refractivity contribution in [2.75, 3.05) is 33.2 Å². The molecule has 0 unspecified atom stereocenters. The predicted octanol–water partition coefficient (Wildman–Crippen LogP) is 2.16. The van der Waals surface area contributed by atoms with Crippen LogP contribution in [0.3, 0.4) is 0 Å². The van der Waals surface area contributed by atoms with Crippen molar-refractivity contribution in [1.82, 2.24) is 20.0 Å². The van der Waals surface area contributed by atoms with E-state index in [1.165, 1.54) is 4.90 Å². The largest absolute Gasteiger partial charge is 0.444 e. The maximum atomic E-state index is 13.6. The van der Waals surface area contributed by atoms with E-state index in [1.54, 1.807) is 32.7 Å². The van der Waals surface area contributed by atoms with Crippen molar-refractivity contribution in [3.05, 3.63) is 0 Å². The van der Waals surface area contributed by atoms with E-state index in [2.05, 4.69) is 0 Å². The van der Waals surface area contributed by atoms with Gasteiger partial charge in [-0.3, -0.25) is 0 Å². The Labute approximate surface area is 172 Å². The number of ether oxygens (including phenoxy) is 2. The summed E-state index contributed by atoms with van der Waals surface area (Å²) in [4.78, 5) is 40.1. The molecular formula is C18H27F3N4O5. The van der Waals surface area contributed by atoms with Crippen molar-refractivity contribution in [2.24, 2.45) is 0 Å². The summed E-state index contributed by atoms with van der Waals surface area (Å²) < 4.78 is 50.7. The van der Waals surface area contributed by atoms with Gasteiger partial charge in [-0.2, -0.15) is 13.2 Å². The SMILES string of the molecule is CN(C(=O)N1CC(OC(=O)NC2(C(F)(F)F)CN(C(=O)OC(C)(C)C)C2)C1)C1CC1. The highest BCUT2D eigenvalue weighted by Gasteiger charge is 2.65. The average Bonchev–Trinajstić information content (AvgIpc) is 3.33. The highest BCUT2D eigenvalue weighted by atomic mass is 19.4. The molecule has 2 aliphatic heterocycles. The molecule has 0 spiro atoms. The summed E-state index contributed by atoms with van der Waals surface area (Å²) in [5.74, 6) is 0. The number of halogens is 3. The molecule has 0 aromatic carbocycles. The van der Waals surface area contributed by atoms with Gasteiger partial charge in [0.25, 0.3) is 0 Å². The molecule has 3 fully saturated rings. The van der Waals surface area contributed by atoms with Gasteiger partial charge in [-0.1, -0.05) is 0 Å².